The molecule has 1 heterocycles. The maximum Gasteiger partial charge on any atom is 0.337 e. The molecule has 1 aliphatic rings. The van der Waals surface area contributed by atoms with Crippen molar-refractivity contribution in [1.29, 1.82) is 0 Å². The lowest BCUT2D eigenvalue weighted by atomic mass is 10.1. The zero-order valence-corrected chi connectivity index (χ0v) is 11.9. The van der Waals surface area contributed by atoms with E-state index in [0.29, 0.717) is 16.8 Å². The fourth-order valence-corrected chi connectivity index (χ4v) is 2.50. The van der Waals surface area contributed by atoms with Crippen LogP contribution in [0.5, 0.6) is 0 Å². The van der Waals surface area contributed by atoms with Crippen LogP contribution in [0, 0.1) is 0 Å². The molecule has 0 saturated carbocycles. The third-order valence-electron chi connectivity index (χ3n) is 3.57. The van der Waals surface area contributed by atoms with Crippen molar-refractivity contribution in [2.45, 2.75) is 6.54 Å². The lowest BCUT2D eigenvalue weighted by Gasteiger charge is -2.16. The molecule has 22 heavy (non-hydrogen) atoms. The van der Waals surface area contributed by atoms with E-state index in [1.807, 2.05) is 0 Å². The molecule has 0 bridgehead atoms. The van der Waals surface area contributed by atoms with Crippen molar-refractivity contribution >= 4 is 23.3 Å². The maximum atomic E-state index is 12.1. The third-order valence-corrected chi connectivity index (χ3v) is 3.57. The summed E-state index contributed by atoms with van der Waals surface area (Å²) in [5, 5.41) is 0. The predicted molar refractivity (Wildman–Crippen MR) is 79.7 cm³/mol. The average molecular weight is 295 g/mol. The standard InChI is InChI=1S/C17H13NO4/c1-22-17(21)12-6-4-5-11(9-12)10-18-14-8-3-2-7-13(14)15(19)16(18)20/h2-9H,10H2,1H3. The Bertz CT molecular complexity index is 782. The van der Waals surface area contributed by atoms with Crippen molar-refractivity contribution in [3.05, 3.63) is 65.2 Å². The molecule has 5 heteroatoms. The number of rotatable bonds is 3. The van der Waals surface area contributed by atoms with Crippen molar-refractivity contribution in [2.75, 3.05) is 12.0 Å². The van der Waals surface area contributed by atoms with Crippen LogP contribution >= 0.6 is 0 Å². The monoisotopic (exact) mass is 295 g/mol. The van der Waals surface area contributed by atoms with E-state index < -0.39 is 17.7 Å². The number of para-hydroxylation sites is 1. The van der Waals surface area contributed by atoms with Crippen molar-refractivity contribution in [1.82, 2.24) is 0 Å². The number of hydrogen-bond acceptors (Lipinski definition) is 4. The molecule has 0 N–H and O–H groups in total. The summed E-state index contributed by atoms with van der Waals surface area (Å²) in [6, 6.07) is 13.7. The van der Waals surface area contributed by atoms with E-state index >= 15 is 0 Å². The summed E-state index contributed by atoms with van der Waals surface area (Å²) in [5.74, 6) is -1.49. The van der Waals surface area contributed by atoms with E-state index in [4.69, 9.17) is 0 Å². The van der Waals surface area contributed by atoms with Crippen LogP contribution in [0.1, 0.15) is 26.3 Å². The van der Waals surface area contributed by atoms with E-state index in [1.165, 1.54) is 12.0 Å². The first-order valence-corrected chi connectivity index (χ1v) is 6.74. The number of fused-ring (bicyclic) bond motifs is 1. The van der Waals surface area contributed by atoms with Gasteiger partial charge in [-0.3, -0.25) is 9.59 Å². The average Bonchev–Trinajstić information content (AvgIpc) is 2.80. The van der Waals surface area contributed by atoms with Crippen LogP contribution in [0.3, 0.4) is 0 Å². The number of esters is 1. The van der Waals surface area contributed by atoms with E-state index in [1.54, 1.807) is 48.5 Å². The molecule has 0 aromatic heterocycles. The molecule has 2 aromatic carbocycles. The SMILES string of the molecule is COC(=O)c1cccc(CN2C(=O)C(=O)c3ccccc32)c1. The Morgan fingerprint density at radius 2 is 1.86 bits per heavy atom. The summed E-state index contributed by atoms with van der Waals surface area (Å²) in [6.07, 6.45) is 0. The molecule has 2 aromatic rings. The number of ether oxygens (including phenoxy) is 1. The van der Waals surface area contributed by atoms with Gasteiger partial charge >= 0.3 is 5.97 Å². The Kier molecular flexibility index (Phi) is 3.47. The highest BCUT2D eigenvalue weighted by Gasteiger charge is 2.35. The first-order chi connectivity index (χ1) is 10.6. The van der Waals surface area contributed by atoms with Gasteiger partial charge in [-0.1, -0.05) is 24.3 Å². The second-order valence-electron chi connectivity index (χ2n) is 4.93. The zero-order valence-electron chi connectivity index (χ0n) is 11.9. The van der Waals surface area contributed by atoms with Crippen molar-refractivity contribution in [3.8, 4) is 0 Å². The van der Waals surface area contributed by atoms with Crippen molar-refractivity contribution < 1.29 is 19.1 Å². The number of hydrogen-bond donors (Lipinski definition) is 0. The molecular weight excluding hydrogens is 282 g/mol. The number of nitrogens with zero attached hydrogens (tertiary/aromatic N) is 1. The van der Waals surface area contributed by atoms with Gasteiger partial charge in [-0.2, -0.15) is 0 Å². The van der Waals surface area contributed by atoms with Crippen LogP contribution in [0.25, 0.3) is 0 Å². The van der Waals surface area contributed by atoms with Gasteiger partial charge in [0.05, 0.1) is 30.5 Å². The van der Waals surface area contributed by atoms with Crippen LogP contribution in [0.15, 0.2) is 48.5 Å². The summed E-state index contributed by atoms with van der Waals surface area (Å²) in [7, 11) is 1.31. The van der Waals surface area contributed by atoms with Gasteiger partial charge < -0.3 is 9.64 Å². The molecule has 0 saturated heterocycles. The Morgan fingerprint density at radius 3 is 2.64 bits per heavy atom. The van der Waals surface area contributed by atoms with Crippen molar-refractivity contribution in [3.63, 3.8) is 0 Å². The Morgan fingerprint density at radius 1 is 1.09 bits per heavy atom. The molecule has 1 aliphatic heterocycles. The van der Waals surface area contributed by atoms with Gasteiger partial charge in [0.25, 0.3) is 11.7 Å². The second kappa shape index (κ2) is 5.44. The quantitative estimate of drug-likeness (QED) is 0.643. The van der Waals surface area contributed by atoms with Crippen LogP contribution < -0.4 is 4.90 Å². The number of carbonyl (C=O) groups excluding carboxylic acids is 3. The maximum absolute atomic E-state index is 12.1. The lowest BCUT2D eigenvalue weighted by molar-refractivity contribution is -0.114. The van der Waals surface area contributed by atoms with Gasteiger partial charge in [-0.05, 0) is 29.8 Å². The summed E-state index contributed by atoms with van der Waals surface area (Å²) >= 11 is 0. The van der Waals surface area contributed by atoms with Crippen LogP contribution in [0.2, 0.25) is 0 Å². The zero-order chi connectivity index (χ0) is 15.7. The first kappa shape index (κ1) is 14.0. The molecule has 0 aliphatic carbocycles. The summed E-state index contributed by atoms with van der Waals surface area (Å²) in [5.41, 5.74) is 2.17. The summed E-state index contributed by atoms with van der Waals surface area (Å²) < 4.78 is 4.68. The second-order valence-corrected chi connectivity index (χ2v) is 4.93. The topological polar surface area (TPSA) is 63.7 Å². The van der Waals surface area contributed by atoms with Gasteiger partial charge in [-0.25, -0.2) is 4.79 Å². The fourth-order valence-electron chi connectivity index (χ4n) is 2.50. The smallest absolute Gasteiger partial charge is 0.337 e. The third kappa shape index (κ3) is 2.26. The molecule has 1 amide bonds. The number of amides is 1. The van der Waals surface area contributed by atoms with E-state index in [9.17, 15) is 14.4 Å². The largest absolute Gasteiger partial charge is 0.465 e. The van der Waals surface area contributed by atoms with E-state index in [2.05, 4.69) is 4.74 Å². The van der Waals surface area contributed by atoms with Crippen LogP contribution in [-0.4, -0.2) is 24.8 Å². The molecule has 0 atom stereocenters. The van der Waals surface area contributed by atoms with E-state index in [-0.39, 0.29) is 6.54 Å². The highest BCUT2D eigenvalue weighted by molar-refractivity contribution is 6.52. The first-order valence-electron chi connectivity index (χ1n) is 6.74. The molecule has 5 nitrogen and oxygen atoms in total. The number of anilines is 1. The number of Topliss-reactive ketones (excluding diaryl/α,β-unsaturated/α-hetero) is 1. The molecule has 110 valence electrons. The van der Waals surface area contributed by atoms with Gasteiger partial charge in [0, 0.05) is 0 Å². The minimum Gasteiger partial charge on any atom is -0.465 e. The molecule has 3 rings (SSSR count). The molecule has 0 spiro atoms. The number of carbonyl (C=O) groups is 3. The Balaban J connectivity index is 1.92. The normalized spacial score (nSPS) is 13.2. The van der Waals surface area contributed by atoms with Gasteiger partial charge in [0.2, 0.25) is 0 Å². The molecule has 0 unspecified atom stereocenters. The predicted octanol–water partition coefficient (Wildman–Crippen LogP) is 2.20. The van der Waals surface area contributed by atoms with Crippen LogP contribution in [0.4, 0.5) is 5.69 Å². The Hall–Kier alpha value is -2.95. The number of methoxy groups -OCH3 is 1. The highest BCUT2D eigenvalue weighted by Crippen LogP contribution is 2.29. The highest BCUT2D eigenvalue weighted by atomic mass is 16.5. The minimum absolute atomic E-state index is 0.229. The lowest BCUT2D eigenvalue weighted by Crippen LogP contribution is -2.29. The molecule has 0 radical (unpaired) electrons. The molecule has 0 fully saturated rings. The summed E-state index contributed by atoms with van der Waals surface area (Å²) in [4.78, 5) is 37.1. The summed E-state index contributed by atoms with van der Waals surface area (Å²) in [6.45, 7) is 0.229. The van der Waals surface area contributed by atoms with Gasteiger partial charge in [0.1, 0.15) is 0 Å². The van der Waals surface area contributed by atoms with Gasteiger partial charge in [0.15, 0.2) is 0 Å². The molecular formula is C17H13NO4. The Labute approximate surface area is 127 Å². The number of ketones is 1. The minimum atomic E-state index is -0.551. The van der Waals surface area contributed by atoms with Crippen LogP contribution in [-0.2, 0) is 16.1 Å². The fraction of sp³-hybridized carbons (Fsp3) is 0.118. The number of benzene rings is 2. The van der Waals surface area contributed by atoms with Gasteiger partial charge in [-0.15, -0.1) is 0 Å². The van der Waals surface area contributed by atoms with Crippen molar-refractivity contribution in [2.24, 2.45) is 0 Å². The van der Waals surface area contributed by atoms with E-state index in [0.717, 1.165) is 5.56 Å².